The van der Waals surface area contributed by atoms with Crippen LogP contribution in [0.2, 0.25) is 0 Å². The third-order valence-electron chi connectivity index (χ3n) is 1.65. The van der Waals surface area contributed by atoms with Crippen LogP contribution in [0.4, 0.5) is 5.69 Å². The van der Waals surface area contributed by atoms with Crippen LogP contribution in [0.15, 0.2) is 27.6 Å². The highest BCUT2D eigenvalue weighted by Crippen LogP contribution is 2.28. The molecule has 0 aliphatic rings. The Morgan fingerprint density at radius 2 is 2.29 bits per heavy atom. The first kappa shape index (κ1) is 11.9. The molecule has 0 unspecified atom stereocenters. The van der Waals surface area contributed by atoms with Gasteiger partial charge in [0.2, 0.25) is 0 Å². The van der Waals surface area contributed by atoms with Gasteiger partial charge < -0.3 is 10.5 Å². The van der Waals surface area contributed by atoms with E-state index in [1.165, 1.54) is 4.90 Å². The van der Waals surface area contributed by atoms with Crippen molar-refractivity contribution in [2.24, 2.45) is 0 Å². The molecule has 1 aromatic rings. The van der Waals surface area contributed by atoms with Gasteiger partial charge in [0.1, 0.15) is 0 Å². The molecule has 4 heteroatoms. The Morgan fingerprint density at radius 3 is 2.93 bits per heavy atom. The quantitative estimate of drug-likeness (QED) is 0.509. The second kappa shape index (κ2) is 6.32. The van der Waals surface area contributed by atoms with Crippen molar-refractivity contribution in [3.63, 3.8) is 0 Å². The monoisotopic (exact) mass is 275 g/mol. The normalized spacial score (nSPS) is 10.4. The first-order chi connectivity index (χ1) is 6.74. The van der Waals surface area contributed by atoms with Gasteiger partial charge in [-0.15, -0.1) is 11.8 Å². The van der Waals surface area contributed by atoms with E-state index in [-0.39, 0.29) is 0 Å². The topological polar surface area (TPSA) is 35.2 Å². The molecule has 0 heterocycles. The fourth-order valence-electron chi connectivity index (χ4n) is 0.989. The van der Waals surface area contributed by atoms with Gasteiger partial charge in [0.25, 0.3) is 0 Å². The van der Waals surface area contributed by atoms with E-state index in [9.17, 15) is 0 Å². The molecule has 0 aliphatic heterocycles. The molecule has 0 radical (unpaired) electrons. The molecule has 0 bridgehead atoms. The molecule has 0 fully saturated rings. The van der Waals surface area contributed by atoms with Crippen molar-refractivity contribution in [1.82, 2.24) is 0 Å². The highest BCUT2D eigenvalue weighted by Gasteiger charge is 2.00. The Balaban J connectivity index is 2.42. The summed E-state index contributed by atoms with van der Waals surface area (Å²) in [5.74, 6) is 0.969. The number of hydrogen-bond donors (Lipinski definition) is 1. The average Bonchev–Trinajstić information content (AvgIpc) is 2.15. The Kier molecular flexibility index (Phi) is 5.37. The van der Waals surface area contributed by atoms with Crippen LogP contribution in [0.1, 0.15) is 6.92 Å². The summed E-state index contributed by atoms with van der Waals surface area (Å²) in [6, 6.07) is 5.85. The van der Waals surface area contributed by atoms with E-state index in [4.69, 9.17) is 10.5 Å². The third-order valence-corrected chi connectivity index (χ3v) is 3.60. The van der Waals surface area contributed by atoms with E-state index in [0.717, 1.165) is 29.1 Å². The number of nitrogens with two attached hydrogens (primary N) is 1. The lowest BCUT2D eigenvalue weighted by atomic mass is 10.3. The molecular formula is C10H14BrNOS. The van der Waals surface area contributed by atoms with Crippen LogP contribution in [0, 0.1) is 0 Å². The van der Waals surface area contributed by atoms with E-state index in [1.807, 2.05) is 25.1 Å². The van der Waals surface area contributed by atoms with Gasteiger partial charge in [-0.25, -0.2) is 0 Å². The number of thioether (sulfide) groups is 1. The maximum atomic E-state index is 5.64. The second-order valence-corrected chi connectivity index (χ2v) is 4.73. The Labute approximate surface area is 97.3 Å². The minimum absolute atomic E-state index is 0.781. The molecule has 0 atom stereocenters. The van der Waals surface area contributed by atoms with E-state index in [2.05, 4.69) is 15.9 Å². The lowest BCUT2D eigenvalue weighted by molar-refractivity contribution is 0.164. The van der Waals surface area contributed by atoms with Crippen LogP contribution in [-0.4, -0.2) is 19.0 Å². The molecule has 0 aliphatic carbocycles. The SMILES string of the molecule is CCOCCSc1ccc(N)cc1Br. The van der Waals surface area contributed by atoms with Gasteiger partial charge in [-0.2, -0.15) is 0 Å². The van der Waals surface area contributed by atoms with E-state index in [1.54, 1.807) is 11.8 Å². The molecule has 78 valence electrons. The van der Waals surface area contributed by atoms with Crippen molar-refractivity contribution in [3.8, 4) is 0 Å². The number of hydrogen-bond acceptors (Lipinski definition) is 3. The smallest absolute Gasteiger partial charge is 0.0560 e. The molecule has 0 saturated heterocycles. The van der Waals surface area contributed by atoms with Crippen molar-refractivity contribution in [3.05, 3.63) is 22.7 Å². The summed E-state index contributed by atoms with van der Waals surface area (Å²) in [6.07, 6.45) is 0. The first-order valence-electron chi connectivity index (χ1n) is 4.49. The number of anilines is 1. The molecule has 0 spiro atoms. The van der Waals surface area contributed by atoms with Crippen LogP contribution in [0.25, 0.3) is 0 Å². The Morgan fingerprint density at radius 1 is 1.50 bits per heavy atom. The van der Waals surface area contributed by atoms with Crippen LogP contribution in [0.5, 0.6) is 0 Å². The van der Waals surface area contributed by atoms with Crippen molar-refractivity contribution >= 4 is 33.4 Å². The minimum Gasteiger partial charge on any atom is -0.399 e. The zero-order valence-corrected chi connectivity index (χ0v) is 10.5. The maximum absolute atomic E-state index is 5.64. The van der Waals surface area contributed by atoms with E-state index < -0.39 is 0 Å². The van der Waals surface area contributed by atoms with Gasteiger partial charge in [-0.3, -0.25) is 0 Å². The number of benzene rings is 1. The van der Waals surface area contributed by atoms with Crippen molar-refractivity contribution < 1.29 is 4.74 Å². The fraction of sp³-hybridized carbons (Fsp3) is 0.400. The third kappa shape index (κ3) is 3.90. The summed E-state index contributed by atoms with van der Waals surface area (Å²) in [5.41, 5.74) is 6.42. The highest BCUT2D eigenvalue weighted by molar-refractivity contribution is 9.10. The molecule has 14 heavy (non-hydrogen) atoms. The highest BCUT2D eigenvalue weighted by atomic mass is 79.9. The zero-order chi connectivity index (χ0) is 10.4. The fourth-order valence-corrected chi connectivity index (χ4v) is 2.51. The number of nitrogen functional groups attached to an aromatic ring is 1. The van der Waals surface area contributed by atoms with Gasteiger partial charge >= 0.3 is 0 Å². The Bertz CT molecular complexity index is 293. The molecule has 2 nitrogen and oxygen atoms in total. The Hall–Kier alpha value is -0.190. The summed E-state index contributed by atoms with van der Waals surface area (Å²) >= 11 is 5.24. The van der Waals surface area contributed by atoms with E-state index >= 15 is 0 Å². The van der Waals surface area contributed by atoms with E-state index in [0.29, 0.717) is 0 Å². The van der Waals surface area contributed by atoms with Gasteiger partial charge in [-0.05, 0) is 41.1 Å². The van der Waals surface area contributed by atoms with Crippen molar-refractivity contribution in [2.75, 3.05) is 24.7 Å². The molecule has 1 rings (SSSR count). The van der Waals surface area contributed by atoms with Gasteiger partial charge in [0, 0.05) is 27.4 Å². The summed E-state index contributed by atoms with van der Waals surface area (Å²) in [5, 5.41) is 0. The predicted molar refractivity (Wildman–Crippen MR) is 65.8 cm³/mol. The minimum atomic E-state index is 0.781. The average molecular weight is 276 g/mol. The molecular weight excluding hydrogens is 262 g/mol. The maximum Gasteiger partial charge on any atom is 0.0560 e. The lowest BCUT2D eigenvalue weighted by Gasteiger charge is -2.05. The predicted octanol–water partition coefficient (Wildman–Crippen LogP) is 3.16. The number of halogens is 1. The summed E-state index contributed by atoms with van der Waals surface area (Å²) in [7, 11) is 0. The number of ether oxygens (including phenoxy) is 1. The van der Waals surface area contributed by atoms with Crippen LogP contribution in [0.3, 0.4) is 0 Å². The van der Waals surface area contributed by atoms with Crippen LogP contribution < -0.4 is 5.73 Å². The summed E-state index contributed by atoms with van der Waals surface area (Å²) in [4.78, 5) is 1.21. The first-order valence-corrected chi connectivity index (χ1v) is 6.27. The van der Waals surface area contributed by atoms with Gasteiger partial charge in [0.05, 0.1) is 6.61 Å². The standard InChI is InChI=1S/C10H14BrNOS/c1-2-13-5-6-14-10-4-3-8(12)7-9(10)11/h3-4,7H,2,5-6,12H2,1H3. The van der Waals surface area contributed by atoms with Gasteiger partial charge in [0.15, 0.2) is 0 Å². The summed E-state index contributed by atoms with van der Waals surface area (Å²) < 4.78 is 6.31. The van der Waals surface area contributed by atoms with Gasteiger partial charge in [-0.1, -0.05) is 0 Å². The zero-order valence-electron chi connectivity index (χ0n) is 8.13. The number of rotatable bonds is 5. The lowest BCUT2D eigenvalue weighted by Crippen LogP contribution is -1.96. The largest absolute Gasteiger partial charge is 0.399 e. The van der Waals surface area contributed by atoms with Crippen LogP contribution >= 0.6 is 27.7 Å². The molecule has 0 amide bonds. The van der Waals surface area contributed by atoms with Crippen molar-refractivity contribution in [2.45, 2.75) is 11.8 Å². The summed E-state index contributed by atoms with van der Waals surface area (Å²) in [6.45, 7) is 3.57. The molecule has 2 N–H and O–H groups in total. The van der Waals surface area contributed by atoms with Crippen LogP contribution in [-0.2, 0) is 4.74 Å². The second-order valence-electron chi connectivity index (χ2n) is 2.74. The molecule has 1 aromatic carbocycles. The molecule has 0 saturated carbocycles. The molecule has 0 aromatic heterocycles. The van der Waals surface area contributed by atoms with Crippen molar-refractivity contribution in [1.29, 1.82) is 0 Å².